The fourth-order valence-corrected chi connectivity index (χ4v) is 3.64. The lowest BCUT2D eigenvalue weighted by Crippen LogP contribution is -2.28. The lowest BCUT2D eigenvalue weighted by Gasteiger charge is -2.27. The van der Waals surface area contributed by atoms with Crippen LogP contribution < -0.4 is 10.5 Å². The van der Waals surface area contributed by atoms with Gasteiger partial charge in [0.15, 0.2) is 5.54 Å². The van der Waals surface area contributed by atoms with E-state index < -0.39 is 12.2 Å². The molecule has 0 fully saturated rings. The molecule has 3 aromatic rings. The van der Waals surface area contributed by atoms with Crippen molar-refractivity contribution in [2.24, 2.45) is 10.7 Å². The molecule has 4 rings (SSSR count). The minimum absolute atomic E-state index is 0.0871. The minimum Gasteiger partial charge on any atom is -0.462 e. The average molecular weight is 395 g/mol. The highest BCUT2D eigenvalue weighted by Gasteiger charge is 2.41. The Morgan fingerprint density at radius 2 is 1.93 bits per heavy atom. The summed E-state index contributed by atoms with van der Waals surface area (Å²) in [4.78, 5) is 8.79. The van der Waals surface area contributed by atoms with E-state index >= 15 is 0 Å². The third-order valence-corrected chi connectivity index (χ3v) is 4.93. The lowest BCUT2D eigenvalue weighted by molar-refractivity contribution is -0.0498. The second-order valence-electron chi connectivity index (χ2n) is 6.78. The van der Waals surface area contributed by atoms with Crippen molar-refractivity contribution in [3.63, 3.8) is 0 Å². The van der Waals surface area contributed by atoms with Crippen LogP contribution in [0.25, 0.3) is 11.1 Å². The molecule has 2 N–H and O–H groups in total. The number of hydrogen-bond acceptors (Lipinski definition) is 5. The van der Waals surface area contributed by atoms with Crippen LogP contribution in [0, 0.1) is 6.92 Å². The number of nitrogens with two attached hydrogens (primary N) is 1. The Hall–Kier alpha value is -3.48. The van der Waals surface area contributed by atoms with Crippen molar-refractivity contribution in [2.75, 3.05) is 6.61 Å². The number of rotatable bonds is 5. The highest BCUT2D eigenvalue weighted by atomic mass is 19.3. The Balaban J connectivity index is 1.82. The van der Waals surface area contributed by atoms with E-state index in [1.165, 1.54) is 6.07 Å². The highest BCUT2D eigenvalue weighted by Crippen LogP contribution is 2.41. The molecule has 1 unspecified atom stereocenters. The summed E-state index contributed by atoms with van der Waals surface area (Å²) in [5.74, 6) is 0.0939. The number of aryl methyl sites for hydroxylation is 1. The molecule has 1 aliphatic rings. The van der Waals surface area contributed by atoms with Crippen molar-refractivity contribution in [1.82, 2.24) is 4.98 Å². The molecule has 0 aliphatic carbocycles. The van der Waals surface area contributed by atoms with Gasteiger partial charge in [0.05, 0.1) is 0 Å². The van der Waals surface area contributed by atoms with E-state index in [4.69, 9.17) is 10.5 Å². The molecule has 148 valence electrons. The molecular formula is C22H19F2N3O2. The molecule has 29 heavy (non-hydrogen) atoms. The first-order valence-electron chi connectivity index (χ1n) is 9.03. The summed E-state index contributed by atoms with van der Waals surface area (Å²) in [7, 11) is 0. The topological polar surface area (TPSA) is 69.7 Å². The van der Waals surface area contributed by atoms with E-state index in [1.807, 2.05) is 43.3 Å². The summed E-state index contributed by atoms with van der Waals surface area (Å²) in [6.07, 6.45) is 3.51. The van der Waals surface area contributed by atoms with Gasteiger partial charge in [-0.25, -0.2) is 4.99 Å². The molecule has 0 spiro atoms. The molecule has 2 heterocycles. The van der Waals surface area contributed by atoms with Gasteiger partial charge in [-0.05, 0) is 59.0 Å². The summed E-state index contributed by atoms with van der Waals surface area (Å²) >= 11 is 0. The number of hydrogen-bond donors (Lipinski definition) is 1. The van der Waals surface area contributed by atoms with Crippen molar-refractivity contribution in [2.45, 2.75) is 19.1 Å². The second kappa shape index (κ2) is 7.50. The zero-order valence-electron chi connectivity index (χ0n) is 15.7. The van der Waals surface area contributed by atoms with Crippen molar-refractivity contribution < 1.29 is 18.3 Å². The van der Waals surface area contributed by atoms with Crippen LogP contribution in [0.2, 0.25) is 0 Å². The van der Waals surface area contributed by atoms with Crippen LogP contribution in [-0.2, 0) is 10.3 Å². The Morgan fingerprint density at radius 1 is 1.10 bits per heavy atom. The van der Waals surface area contributed by atoms with E-state index in [-0.39, 0.29) is 18.4 Å². The van der Waals surface area contributed by atoms with Gasteiger partial charge < -0.3 is 15.2 Å². The van der Waals surface area contributed by atoms with Crippen LogP contribution in [0.4, 0.5) is 8.78 Å². The second-order valence-corrected chi connectivity index (χ2v) is 6.78. The largest absolute Gasteiger partial charge is 0.462 e. The third-order valence-electron chi connectivity index (χ3n) is 4.93. The average Bonchev–Trinajstić information content (AvgIpc) is 3.11. The summed E-state index contributed by atoms with van der Waals surface area (Å²) < 4.78 is 35.2. The summed E-state index contributed by atoms with van der Waals surface area (Å²) in [6.45, 7) is -0.843. The molecule has 1 atom stereocenters. The monoisotopic (exact) mass is 395 g/mol. The van der Waals surface area contributed by atoms with Gasteiger partial charge in [0.25, 0.3) is 6.02 Å². The van der Waals surface area contributed by atoms with Gasteiger partial charge in [-0.2, -0.15) is 8.78 Å². The van der Waals surface area contributed by atoms with Crippen LogP contribution in [0.1, 0.15) is 16.7 Å². The number of ether oxygens (including phenoxy) is 2. The lowest BCUT2D eigenvalue weighted by atomic mass is 9.81. The van der Waals surface area contributed by atoms with Crippen LogP contribution >= 0.6 is 0 Å². The zero-order chi connectivity index (χ0) is 20.4. The maximum absolute atomic E-state index is 12.6. The van der Waals surface area contributed by atoms with Gasteiger partial charge in [-0.3, -0.25) is 4.98 Å². The van der Waals surface area contributed by atoms with Gasteiger partial charge in [0.2, 0.25) is 0 Å². The molecule has 1 aliphatic heterocycles. The minimum atomic E-state index is -2.88. The number of aromatic nitrogens is 1. The summed E-state index contributed by atoms with van der Waals surface area (Å²) in [5.41, 5.74) is 9.38. The molecule has 0 bridgehead atoms. The first kappa shape index (κ1) is 18.9. The van der Waals surface area contributed by atoms with E-state index in [0.717, 1.165) is 27.8 Å². The quantitative estimate of drug-likeness (QED) is 0.701. The van der Waals surface area contributed by atoms with Gasteiger partial charge >= 0.3 is 6.61 Å². The van der Waals surface area contributed by atoms with Crippen LogP contribution in [0.5, 0.6) is 5.75 Å². The van der Waals surface area contributed by atoms with E-state index in [9.17, 15) is 8.78 Å². The molecule has 0 amide bonds. The maximum atomic E-state index is 12.6. The molecule has 7 heteroatoms. The fourth-order valence-electron chi connectivity index (χ4n) is 3.64. The number of nitrogens with zero attached hydrogens (tertiary/aromatic N) is 2. The molecule has 0 saturated carbocycles. The summed E-state index contributed by atoms with van der Waals surface area (Å²) in [6, 6.07) is 16.6. The van der Waals surface area contributed by atoms with Crippen LogP contribution in [-0.4, -0.2) is 24.2 Å². The number of aliphatic imine (C=N–C) groups is 1. The van der Waals surface area contributed by atoms with Crippen molar-refractivity contribution in [1.29, 1.82) is 0 Å². The number of pyridine rings is 1. The van der Waals surface area contributed by atoms with E-state index in [1.54, 1.807) is 24.5 Å². The first-order chi connectivity index (χ1) is 14.0. The van der Waals surface area contributed by atoms with Gasteiger partial charge in [0.1, 0.15) is 12.4 Å². The molecular weight excluding hydrogens is 376 g/mol. The maximum Gasteiger partial charge on any atom is 0.387 e. The predicted molar refractivity (Wildman–Crippen MR) is 106 cm³/mol. The number of benzene rings is 2. The van der Waals surface area contributed by atoms with Gasteiger partial charge in [-0.15, -0.1) is 0 Å². The molecule has 1 aromatic heterocycles. The van der Waals surface area contributed by atoms with Gasteiger partial charge in [-0.1, -0.05) is 30.3 Å². The molecule has 0 saturated heterocycles. The third kappa shape index (κ3) is 3.63. The molecule has 2 aromatic carbocycles. The van der Waals surface area contributed by atoms with E-state index in [0.29, 0.717) is 0 Å². The highest BCUT2D eigenvalue weighted by molar-refractivity contribution is 5.76. The van der Waals surface area contributed by atoms with E-state index in [2.05, 4.69) is 14.7 Å². The van der Waals surface area contributed by atoms with Crippen molar-refractivity contribution >= 4 is 6.02 Å². The Morgan fingerprint density at radius 3 is 2.59 bits per heavy atom. The fraction of sp³-hybridized carbons (Fsp3) is 0.182. The Labute approximate surface area is 166 Å². The van der Waals surface area contributed by atoms with Crippen LogP contribution in [0.15, 0.2) is 72.0 Å². The SMILES string of the molecule is Cc1cc(OC(F)F)ccc1C1(c2cccc(-c3cccnc3)c2)COC(N)=N1. The first-order valence-corrected chi connectivity index (χ1v) is 9.03. The predicted octanol–water partition coefficient (Wildman–Crippen LogP) is 4.25. The van der Waals surface area contributed by atoms with Crippen molar-refractivity contribution in [3.05, 3.63) is 83.7 Å². The normalized spacial score (nSPS) is 18.4. The zero-order valence-corrected chi connectivity index (χ0v) is 15.7. The number of halogens is 2. The Bertz CT molecular complexity index is 1060. The summed E-state index contributed by atoms with van der Waals surface area (Å²) in [5, 5.41) is 0. The number of alkyl halides is 2. The Kier molecular flexibility index (Phi) is 4.88. The molecule has 5 nitrogen and oxygen atoms in total. The van der Waals surface area contributed by atoms with Crippen LogP contribution in [0.3, 0.4) is 0 Å². The van der Waals surface area contributed by atoms with Gasteiger partial charge in [0, 0.05) is 12.4 Å². The smallest absolute Gasteiger partial charge is 0.387 e. The number of amidine groups is 1. The molecule has 0 radical (unpaired) electrons. The standard InChI is InChI=1S/C22H19F2N3O2/c1-14-10-18(29-20(23)24)7-8-19(14)22(13-28-21(25)27-22)17-6-2-4-15(11-17)16-5-3-9-26-12-16/h2-12,20H,13H2,1H3,(H2,25,27). The van der Waals surface area contributed by atoms with Crippen molar-refractivity contribution in [3.8, 4) is 16.9 Å².